The molecule has 0 aliphatic heterocycles. The molecule has 1 amide bonds. The van der Waals surface area contributed by atoms with E-state index >= 15 is 0 Å². The van der Waals surface area contributed by atoms with E-state index in [2.05, 4.69) is 10.6 Å². The van der Waals surface area contributed by atoms with Gasteiger partial charge in [-0.3, -0.25) is 4.79 Å². The zero-order chi connectivity index (χ0) is 21.9. The zero-order valence-corrected chi connectivity index (χ0v) is 18.3. The molecule has 2 aromatic carbocycles. The van der Waals surface area contributed by atoms with Crippen LogP contribution in [0.5, 0.6) is 0 Å². The molecule has 0 bridgehead atoms. The van der Waals surface area contributed by atoms with Crippen LogP contribution in [0.15, 0.2) is 53.5 Å². The Kier molecular flexibility index (Phi) is 9.28. The van der Waals surface area contributed by atoms with Crippen molar-refractivity contribution in [3.63, 3.8) is 0 Å². The maximum atomic E-state index is 13.1. The Bertz CT molecular complexity index is 836. The van der Waals surface area contributed by atoms with Crippen molar-refractivity contribution in [2.24, 2.45) is 4.99 Å². The van der Waals surface area contributed by atoms with E-state index in [1.165, 1.54) is 12.1 Å². The predicted molar refractivity (Wildman–Crippen MR) is 120 cm³/mol. The van der Waals surface area contributed by atoms with Gasteiger partial charge in [-0.2, -0.15) is 0 Å². The number of nitrogens with zero attached hydrogens (tertiary/aromatic N) is 3. The average molecular weight is 414 g/mol. The molecule has 0 radical (unpaired) electrons. The van der Waals surface area contributed by atoms with Crippen molar-refractivity contribution in [2.75, 3.05) is 40.8 Å². The standard InChI is InChI=1S/C23H32FN5O/c1-5-25-23(29(4)17-18-9-11-21(24)12-10-18)27-16-19-7-6-8-20(15-19)22(30)26-13-14-28(2)3/h6-12,15H,5,13-14,16-17H2,1-4H3,(H,25,27)(H,26,30). The fourth-order valence-electron chi connectivity index (χ4n) is 2.88. The highest BCUT2D eigenvalue weighted by atomic mass is 19.1. The summed E-state index contributed by atoms with van der Waals surface area (Å²) in [6.07, 6.45) is 0. The van der Waals surface area contributed by atoms with Crippen LogP contribution in [-0.2, 0) is 13.1 Å². The van der Waals surface area contributed by atoms with Gasteiger partial charge in [0.25, 0.3) is 5.91 Å². The Balaban J connectivity index is 2.02. The highest BCUT2D eigenvalue weighted by molar-refractivity contribution is 5.94. The fraction of sp³-hybridized carbons (Fsp3) is 0.391. The van der Waals surface area contributed by atoms with Gasteiger partial charge in [-0.1, -0.05) is 24.3 Å². The molecule has 0 saturated heterocycles. The van der Waals surface area contributed by atoms with Gasteiger partial charge in [0.15, 0.2) is 5.96 Å². The average Bonchev–Trinajstić information content (AvgIpc) is 2.72. The molecule has 0 atom stereocenters. The van der Waals surface area contributed by atoms with Gasteiger partial charge < -0.3 is 20.4 Å². The summed E-state index contributed by atoms with van der Waals surface area (Å²) in [7, 11) is 5.89. The van der Waals surface area contributed by atoms with Crippen molar-refractivity contribution in [3.8, 4) is 0 Å². The van der Waals surface area contributed by atoms with Crippen molar-refractivity contribution in [1.29, 1.82) is 0 Å². The number of aliphatic imine (C=N–C) groups is 1. The van der Waals surface area contributed by atoms with Crippen LogP contribution in [0.25, 0.3) is 0 Å². The highest BCUT2D eigenvalue weighted by Gasteiger charge is 2.09. The second kappa shape index (κ2) is 11.9. The second-order valence-electron chi connectivity index (χ2n) is 7.41. The summed E-state index contributed by atoms with van der Waals surface area (Å²) in [5.74, 6) is 0.429. The normalized spacial score (nSPS) is 11.5. The number of hydrogen-bond donors (Lipinski definition) is 2. The number of benzene rings is 2. The van der Waals surface area contributed by atoms with Crippen LogP contribution >= 0.6 is 0 Å². The molecule has 2 aromatic rings. The van der Waals surface area contributed by atoms with Crippen LogP contribution in [0.4, 0.5) is 4.39 Å². The summed E-state index contributed by atoms with van der Waals surface area (Å²) in [4.78, 5) is 21.1. The molecular formula is C23H32FN5O. The minimum Gasteiger partial charge on any atom is -0.357 e. The molecule has 0 fully saturated rings. The number of halogens is 1. The number of hydrogen-bond acceptors (Lipinski definition) is 3. The molecule has 0 heterocycles. The Morgan fingerprint density at radius 1 is 1.03 bits per heavy atom. The third-order valence-electron chi connectivity index (χ3n) is 4.47. The first-order chi connectivity index (χ1) is 14.4. The molecule has 2 N–H and O–H groups in total. The van der Waals surface area contributed by atoms with Gasteiger partial charge in [0.05, 0.1) is 6.54 Å². The lowest BCUT2D eigenvalue weighted by Crippen LogP contribution is -2.38. The van der Waals surface area contributed by atoms with E-state index in [4.69, 9.17) is 4.99 Å². The van der Waals surface area contributed by atoms with Gasteiger partial charge >= 0.3 is 0 Å². The first kappa shape index (κ1) is 23.3. The first-order valence-corrected chi connectivity index (χ1v) is 10.1. The second-order valence-corrected chi connectivity index (χ2v) is 7.41. The van der Waals surface area contributed by atoms with Crippen LogP contribution in [0.1, 0.15) is 28.4 Å². The van der Waals surface area contributed by atoms with Crippen molar-refractivity contribution < 1.29 is 9.18 Å². The SMILES string of the molecule is CCNC(=NCc1cccc(C(=O)NCCN(C)C)c1)N(C)Cc1ccc(F)cc1. The summed E-state index contributed by atoms with van der Waals surface area (Å²) in [5, 5.41) is 6.21. The number of amides is 1. The van der Waals surface area contributed by atoms with E-state index in [1.54, 1.807) is 12.1 Å². The Labute approximate surface area is 178 Å². The zero-order valence-electron chi connectivity index (χ0n) is 18.3. The Morgan fingerprint density at radius 3 is 2.43 bits per heavy atom. The number of guanidine groups is 1. The summed E-state index contributed by atoms with van der Waals surface area (Å²) < 4.78 is 13.1. The van der Waals surface area contributed by atoms with E-state index in [0.717, 1.165) is 30.2 Å². The molecular weight excluding hydrogens is 381 g/mol. The number of rotatable bonds is 9. The first-order valence-electron chi connectivity index (χ1n) is 10.1. The molecule has 0 aliphatic rings. The summed E-state index contributed by atoms with van der Waals surface area (Å²) in [5.41, 5.74) is 2.59. The van der Waals surface area contributed by atoms with E-state index in [-0.39, 0.29) is 11.7 Å². The number of carbonyl (C=O) groups excluding carboxylic acids is 1. The van der Waals surface area contributed by atoms with Gasteiger partial charge in [0, 0.05) is 38.8 Å². The lowest BCUT2D eigenvalue weighted by molar-refractivity contribution is 0.0951. The third kappa shape index (κ3) is 7.83. The highest BCUT2D eigenvalue weighted by Crippen LogP contribution is 2.09. The van der Waals surface area contributed by atoms with Crippen LogP contribution in [0.3, 0.4) is 0 Å². The smallest absolute Gasteiger partial charge is 0.251 e. The van der Waals surface area contributed by atoms with E-state index in [1.807, 2.05) is 62.1 Å². The summed E-state index contributed by atoms with van der Waals surface area (Å²) in [6.45, 7) is 5.21. The Hall–Kier alpha value is -2.93. The van der Waals surface area contributed by atoms with Gasteiger partial charge in [-0.15, -0.1) is 0 Å². The van der Waals surface area contributed by atoms with Gasteiger partial charge in [0.2, 0.25) is 0 Å². The van der Waals surface area contributed by atoms with Gasteiger partial charge in [-0.25, -0.2) is 9.38 Å². The molecule has 30 heavy (non-hydrogen) atoms. The van der Waals surface area contributed by atoms with Crippen molar-refractivity contribution in [1.82, 2.24) is 20.4 Å². The molecule has 0 spiro atoms. The number of carbonyl (C=O) groups is 1. The summed E-state index contributed by atoms with van der Waals surface area (Å²) in [6, 6.07) is 14.0. The topological polar surface area (TPSA) is 60.0 Å². The lowest BCUT2D eigenvalue weighted by atomic mass is 10.1. The van der Waals surface area contributed by atoms with Crippen LogP contribution in [-0.4, -0.2) is 62.4 Å². The Morgan fingerprint density at radius 2 is 1.77 bits per heavy atom. The maximum absolute atomic E-state index is 13.1. The van der Waals surface area contributed by atoms with E-state index in [9.17, 15) is 9.18 Å². The predicted octanol–water partition coefficient (Wildman–Crippen LogP) is 2.71. The monoisotopic (exact) mass is 413 g/mol. The van der Waals surface area contributed by atoms with Crippen molar-refractivity contribution in [2.45, 2.75) is 20.0 Å². The van der Waals surface area contributed by atoms with Gasteiger partial charge in [-0.05, 0) is 56.4 Å². The number of nitrogens with one attached hydrogen (secondary N) is 2. The van der Waals surface area contributed by atoms with Gasteiger partial charge in [0.1, 0.15) is 5.82 Å². The molecule has 0 saturated carbocycles. The van der Waals surface area contributed by atoms with Crippen molar-refractivity contribution in [3.05, 3.63) is 71.0 Å². The lowest BCUT2D eigenvalue weighted by Gasteiger charge is -2.22. The fourth-order valence-corrected chi connectivity index (χ4v) is 2.88. The molecule has 0 aromatic heterocycles. The molecule has 2 rings (SSSR count). The van der Waals surface area contributed by atoms with Crippen LogP contribution < -0.4 is 10.6 Å². The molecule has 0 aliphatic carbocycles. The number of likely N-dealkylation sites (N-methyl/N-ethyl adjacent to an activating group) is 1. The van der Waals surface area contributed by atoms with Crippen LogP contribution in [0, 0.1) is 5.82 Å². The largest absolute Gasteiger partial charge is 0.357 e. The molecule has 162 valence electrons. The quantitative estimate of drug-likeness (QED) is 0.490. The minimum atomic E-state index is -0.243. The third-order valence-corrected chi connectivity index (χ3v) is 4.47. The van der Waals surface area contributed by atoms with Crippen LogP contribution in [0.2, 0.25) is 0 Å². The maximum Gasteiger partial charge on any atom is 0.251 e. The van der Waals surface area contributed by atoms with E-state index in [0.29, 0.717) is 25.2 Å². The van der Waals surface area contributed by atoms with E-state index < -0.39 is 0 Å². The summed E-state index contributed by atoms with van der Waals surface area (Å²) >= 11 is 0. The molecule has 6 nitrogen and oxygen atoms in total. The molecule has 7 heteroatoms. The minimum absolute atomic E-state index is 0.0805. The van der Waals surface area contributed by atoms with Crippen molar-refractivity contribution >= 4 is 11.9 Å². The molecule has 0 unspecified atom stereocenters.